The normalized spacial score (nSPS) is 17.1. The van der Waals surface area contributed by atoms with Crippen molar-refractivity contribution in [1.29, 1.82) is 0 Å². The van der Waals surface area contributed by atoms with Crippen molar-refractivity contribution in [1.82, 2.24) is 4.31 Å². The molecule has 1 aliphatic carbocycles. The van der Waals surface area contributed by atoms with Gasteiger partial charge in [-0.1, -0.05) is 35.9 Å². The van der Waals surface area contributed by atoms with Crippen LogP contribution in [0.4, 0.5) is 0 Å². The van der Waals surface area contributed by atoms with Gasteiger partial charge in [0.2, 0.25) is 10.0 Å². The lowest BCUT2D eigenvalue weighted by Crippen LogP contribution is -2.40. The molecule has 2 aliphatic rings. The van der Waals surface area contributed by atoms with Gasteiger partial charge in [-0.25, -0.2) is 8.42 Å². The molecule has 0 aromatic heterocycles. The van der Waals surface area contributed by atoms with Gasteiger partial charge in [-0.3, -0.25) is 4.79 Å². The zero-order valence-corrected chi connectivity index (χ0v) is 17.5. The number of allylic oxidation sites excluding steroid dienone is 2. The van der Waals surface area contributed by atoms with Gasteiger partial charge in [-0.2, -0.15) is 4.31 Å². The molecule has 1 heterocycles. The Balaban J connectivity index is 1.39. The van der Waals surface area contributed by atoms with Crippen LogP contribution in [0.5, 0.6) is 0 Å². The lowest BCUT2D eigenvalue weighted by molar-refractivity contribution is -0.113. The van der Waals surface area contributed by atoms with Crippen LogP contribution in [0.3, 0.4) is 0 Å². The van der Waals surface area contributed by atoms with Crippen molar-refractivity contribution in [3.8, 4) is 0 Å². The fourth-order valence-corrected chi connectivity index (χ4v) is 5.34. The van der Waals surface area contributed by atoms with Crippen molar-refractivity contribution in [2.45, 2.75) is 24.2 Å². The summed E-state index contributed by atoms with van der Waals surface area (Å²) in [6.45, 7) is 1.59. The number of fused-ring (bicyclic) bond motifs is 1. The van der Waals surface area contributed by atoms with Crippen LogP contribution >= 0.6 is 11.6 Å². The van der Waals surface area contributed by atoms with Crippen LogP contribution in [-0.4, -0.2) is 44.8 Å². The van der Waals surface area contributed by atoms with Crippen molar-refractivity contribution >= 4 is 33.0 Å². The Morgan fingerprint density at radius 2 is 1.79 bits per heavy atom. The van der Waals surface area contributed by atoms with E-state index in [0.29, 0.717) is 44.2 Å². The number of Topliss-reactive ketones (excluding diaryl/α,β-unsaturated/α-hetero) is 1. The van der Waals surface area contributed by atoms with Crippen LogP contribution in [0.1, 0.15) is 23.1 Å². The van der Waals surface area contributed by atoms with Gasteiger partial charge in [0.1, 0.15) is 0 Å². The molecule has 152 valence electrons. The third kappa shape index (κ3) is 4.31. The molecule has 0 bridgehead atoms. The molecule has 0 spiro atoms. The van der Waals surface area contributed by atoms with E-state index < -0.39 is 10.0 Å². The Labute approximate surface area is 176 Å². The van der Waals surface area contributed by atoms with Crippen molar-refractivity contribution < 1.29 is 17.9 Å². The average molecular weight is 432 g/mol. The highest BCUT2D eigenvalue weighted by molar-refractivity contribution is 7.89. The smallest absolute Gasteiger partial charge is 0.243 e. The fourth-order valence-electron chi connectivity index (χ4n) is 3.74. The fraction of sp³-hybridized carbons (Fsp3) is 0.318. The number of halogens is 1. The predicted molar refractivity (Wildman–Crippen MR) is 112 cm³/mol. The second-order valence-corrected chi connectivity index (χ2v) is 9.58. The summed E-state index contributed by atoms with van der Waals surface area (Å²) in [6.07, 6.45) is 3.63. The first-order valence-electron chi connectivity index (χ1n) is 9.64. The highest BCUT2D eigenvalue weighted by Gasteiger charge is 2.26. The van der Waals surface area contributed by atoms with E-state index in [4.69, 9.17) is 16.3 Å². The molecule has 1 saturated heterocycles. The first-order valence-corrected chi connectivity index (χ1v) is 11.5. The van der Waals surface area contributed by atoms with Gasteiger partial charge in [0.25, 0.3) is 0 Å². The van der Waals surface area contributed by atoms with Gasteiger partial charge in [0, 0.05) is 30.1 Å². The molecule has 2 aromatic carbocycles. The molecule has 0 N–H and O–H groups in total. The number of benzene rings is 2. The summed E-state index contributed by atoms with van der Waals surface area (Å²) in [4.78, 5) is 13.0. The van der Waals surface area contributed by atoms with Gasteiger partial charge in [0.15, 0.2) is 5.78 Å². The van der Waals surface area contributed by atoms with E-state index in [-0.39, 0.29) is 10.7 Å². The number of carbonyl (C=O) groups excluding carboxylic acids is 1. The molecule has 29 heavy (non-hydrogen) atoms. The maximum atomic E-state index is 12.7. The molecule has 0 saturated carbocycles. The number of hydrogen-bond acceptors (Lipinski definition) is 4. The summed E-state index contributed by atoms with van der Waals surface area (Å²) in [5, 5.41) is 0.679. The Kier molecular flexibility index (Phi) is 5.88. The zero-order chi connectivity index (χ0) is 20.4. The SMILES string of the molecule is O=C(CCc1ccc(S(=O)(=O)N2CCOCC2)cc1)C1=CCc2cc(Cl)ccc21. The number of ether oxygens (including phenoxy) is 1. The summed E-state index contributed by atoms with van der Waals surface area (Å²) in [5.74, 6) is 0.0936. The predicted octanol–water partition coefficient (Wildman–Crippen LogP) is 3.50. The van der Waals surface area contributed by atoms with Gasteiger partial charge in [-0.15, -0.1) is 0 Å². The Morgan fingerprint density at radius 3 is 2.52 bits per heavy atom. The minimum absolute atomic E-state index is 0.0936. The van der Waals surface area contributed by atoms with Crippen LogP contribution < -0.4 is 0 Å². The molecule has 1 aliphatic heterocycles. The zero-order valence-electron chi connectivity index (χ0n) is 15.9. The van der Waals surface area contributed by atoms with Crippen LogP contribution in [0, 0.1) is 0 Å². The van der Waals surface area contributed by atoms with Crippen LogP contribution in [0.25, 0.3) is 5.57 Å². The molecule has 1 fully saturated rings. The van der Waals surface area contributed by atoms with Gasteiger partial charge >= 0.3 is 0 Å². The summed E-state index contributed by atoms with van der Waals surface area (Å²) in [7, 11) is -3.49. The highest BCUT2D eigenvalue weighted by Crippen LogP contribution is 2.31. The van der Waals surface area contributed by atoms with E-state index in [1.165, 1.54) is 4.31 Å². The molecule has 4 rings (SSSR count). The number of nitrogens with zero attached hydrogens (tertiary/aromatic N) is 1. The number of ketones is 1. The Hall–Kier alpha value is -1.99. The van der Waals surface area contributed by atoms with Crippen molar-refractivity contribution in [2.75, 3.05) is 26.3 Å². The minimum atomic E-state index is -3.49. The second kappa shape index (κ2) is 8.40. The monoisotopic (exact) mass is 431 g/mol. The molecule has 7 heteroatoms. The van der Waals surface area contributed by atoms with E-state index >= 15 is 0 Å². The van der Waals surface area contributed by atoms with Crippen molar-refractivity contribution in [2.24, 2.45) is 0 Å². The second-order valence-electron chi connectivity index (χ2n) is 7.21. The molecule has 5 nitrogen and oxygen atoms in total. The Morgan fingerprint density at radius 1 is 1.07 bits per heavy atom. The standard InChI is InChI=1S/C22H22ClNO4S/c23-18-5-9-20-17(15-18)4-8-21(20)22(25)10-3-16-1-6-19(7-2-16)29(26,27)24-11-13-28-14-12-24/h1-2,5-9,15H,3-4,10-14H2. The summed E-state index contributed by atoms with van der Waals surface area (Å²) < 4.78 is 32.0. The first kappa shape index (κ1) is 20.3. The van der Waals surface area contributed by atoms with Crippen molar-refractivity contribution in [3.63, 3.8) is 0 Å². The van der Waals surface area contributed by atoms with E-state index in [1.54, 1.807) is 30.3 Å². The maximum absolute atomic E-state index is 12.7. The number of rotatable bonds is 6. The minimum Gasteiger partial charge on any atom is -0.379 e. The van der Waals surface area contributed by atoms with Crippen molar-refractivity contribution in [3.05, 3.63) is 70.3 Å². The van der Waals surface area contributed by atoms with Gasteiger partial charge in [-0.05, 0) is 53.8 Å². The maximum Gasteiger partial charge on any atom is 0.243 e. The van der Waals surface area contributed by atoms with Crippen LogP contribution in [0.2, 0.25) is 5.02 Å². The molecule has 0 radical (unpaired) electrons. The van der Waals surface area contributed by atoms with Gasteiger partial charge in [0.05, 0.1) is 18.1 Å². The molecular weight excluding hydrogens is 410 g/mol. The highest BCUT2D eigenvalue weighted by atomic mass is 35.5. The number of morpholine rings is 1. The third-order valence-corrected chi connectivity index (χ3v) is 7.50. The van der Waals surface area contributed by atoms with Gasteiger partial charge < -0.3 is 4.74 Å². The van der Waals surface area contributed by atoms with Crippen LogP contribution in [0.15, 0.2) is 53.4 Å². The Bertz CT molecular complexity index is 1050. The number of aryl methyl sites for hydroxylation is 1. The summed E-state index contributed by atoms with van der Waals surface area (Å²) in [6, 6.07) is 12.4. The lowest BCUT2D eigenvalue weighted by atomic mass is 9.98. The average Bonchev–Trinajstić information content (AvgIpc) is 3.16. The molecular formula is C22H22ClNO4S. The largest absolute Gasteiger partial charge is 0.379 e. The molecule has 0 unspecified atom stereocenters. The lowest BCUT2D eigenvalue weighted by Gasteiger charge is -2.26. The summed E-state index contributed by atoms with van der Waals surface area (Å²) in [5.41, 5.74) is 3.74. The number of sulfonamides is 1. The third-order valence-electron chi connectivity index (χ3n) is 5.36. The van der Waals surface area contributed by atoms with E-state index in [0.717, 1.165) is 28.7 Å². The topological polar surface area (TPSA) is 63.7 Å². The number of hydrogen-bond donors (Lipinski definition) is 0. The first-order chi connectivity index (χ1) is 13.9. The summed E-state index contributed by atoms with van der Waals surface area (Å²) >= 11 is 6.03. The van der Waals surface area contributed by atoms with E-state index in [2.05, 4.69) is 0 Å². The molecule has 0 atom stereocenters. The van der Waals surface area contributed by atoms with E-state index in [1.807, 2.05) is 18.2 Å². The quantitative estimate of drug-likeness (QED) is 0.702. The number of carbonyl (C=O) groups is 1. The van der Waals surface area contributed by atoms with E-state index in [9.17, 15) is 13.2 Å². The molecule has 0 amide bonds. The molecule has 2 aromatic rings. The van der Waals surface area contributed by atoms with Crippen LogP contribution in [-0.2, 0) is 32.4 Å².